The van der Waals surface area contributed by atoms with Gasteiger partial charge in [0.2, 0.25) is 0 Å². The van der Waals surface area contributed by atoms with Crippen molar-refractivity contribution in [1.82, 2.24) is 30.4 Å². The molecule has 0 saturated carbocycles. The van der Waals surface area contributed by atoms with Crippen LogP contribution >= 0.6 is 0 Å². The largest absolute Gasteiger partial charge is 0.225 e. The first-order chi connectivity index (χ1) is 5.97. The van der Waals surface area contributed by atoms with Crippen LogP contribution in [0.2, 0.25) is 0 Å². The van der Waals surface area contributed by atoms with Gasteiger partial charge in [0.05, 0.1) is 6.20 Å². The second-order valence-corrected chi connectivity index (χ2v) is 1.97. The first kappa shape index (κ1) is 6.71. The lowest BCUT2D eigenvalue weighted by atomic mass is 10.4. The van der Waals surface area contributed by atoms with E-state index in [1.165, 1.54) is 18.9 Å². The Balaban J connectivity index is 2.46. The van der Waals surface area contributed by atoms with Gasteiger partial charge in [0.15, 0.2) is 5.82 Å². The van der Waals surface area contributed by atoms with Gasteiger partial charge in [-0.05, 0) is 11.3 Å². The van der Waals surface area contributed by atoms with Gasteiger partial charge in [-0.15, -0.1) is 10.2 Å². The highest BCUT2D eigenvalue weighted by molar-refractivity contribution is 5.45. The van der Waals surface area contributed by atoms with Crippen LogP contribution in [0, 0.1) is 0 Å². The van der Waals surface area contributed by atoms with Gasteiger partial charge in [-0.2, -0.15) is 0 Å². The van der Waals surface area contributed by atoms with Crippen molar-refractivity contribution in [1.29, 1.82) is 0 Å². The van der Waals surface area contributed by atoms with E-state index in [0.717, 1.165) is 0 Å². The van der Waals surface area contributed by atoms with Crippen molar-refractivity contribution in [2.75, 3.05) is 0 Å². The summed E-state index contributed by atoms with van der Waals surface area (Å²) >= 11 is 0. The number of nitrogens with zero attached hydrogens (tertiary/aromatic N) is 6. The molecule has 58 valence electrons. The van der Waals surface area contributed by atoms with E-state index in [4.69, 9.17) is 0 Å². The zero-order valence-corrected chi connectivity index (χ0v) is 5.99. The lowest BCUT2D eigenvalue weighted by molar-refractivity contribution is 0.861. The second kappa shape index (κ2) is 2.95. The average molecular weight is 160 g/mol. The molecule has 0 saturated heterocycles. The van der Waals surface area contributed by atoms with E-state index in [1.54, 1.807) is 6.07 Å². The van der Waals surface area contributed by atoms with Crippen LogP contribution < -0.4 is 0 Å². The van der Waals surface area contributed by atoms with E-state index >= 15 is 0 Å². The van der Waals surface area contributed by atoms with Crippen molar-refractivity contribution in [3.8, 4) is 11.5 Å². The van der Waals surface area contributed by atoms with Crippen molar-refractivity contribution in [2.45, 2.75) is 0 Å². The van der Waals surface area contributed by atoms with Crippen molar-refractivity contribution in [2.24, 2.45) is 0 Å². The number of aromatic nitrogens is 6. The van der Waals surface area contributed by atoms with Crippen molar-refractivity contribution in [3.05, 3.63) is 24.9 Å². The van der Waals surface area contributed by atoms with Crippen molar-refractivity contribution in [3.63, 3.8) is 0 Å². The number of hydrogen-bond acceptors (Lipinski definition) is 6. The molecule has 0 amide bonds. The molecule has 0 N–H and O–H groups in total. The number of hydrogen-bond donors (Lipinski definition) is 0. The number of rotatable bonds is 1. The predicted octanol–water partition coefficient (Wildman–Crippen LogP) is -0.276. The quantitative estimate of drug-likeness (QED) is 0.571. The molecule has 0 unspecified atom stereocenters. The summed E-state index contributed by atoms with van der Waals surface area (Å²) in [5.74, 6) is 0.500. The Bertz CT molecular complexity index is 309. The molecule has 2 heterocycles. The molecule has 0 aromatic carbocycles. The third kappa shape index (κ3) is 1.22. The molecule has 0 aliphatic heterocycles. The van der Waals surface area contributed by atoms with Gasteiger partial charge < -0.3 is 0 Å². The van der Waals surface area contributed by atoms with E-state index in [2.05, 4.69) is 30.4 Å². The zero-order valence-electron chi connectivity index (χ0n) is 5.99. The molecule has 0 bridgehead atoms. The molecule has 6 heteroatoms. The molecule has 0 fully saturated rings. The summed E-state index contributed by atoms with van der Waals surface area (Å²) in [5.41, 5.74) is 0.590. The molecule has 0 radical (unpaired) electrons. The third-order valence-corrected chi connectivity index (χ3v) is 1.23. The van der Waals surface area contributed by atoms with Crippen LogP contribution in [0.5, 0.6) is 0 Å². The maximum Gasteiger partial charge on any atom is 0.183 e. The van der Waals surface area contributed by atoms with Crippen LogP contribution in [0.25, 0.3) is 11.5 Å². The summed E-state index contributed by atoms with van der Waals surface area (Å²) in [7, 11) is 0. The lowest BCUT2D eigenvalue weighted by Gasteiger charge is -1.92. The molecule has 2 aromatic heterocycles. The standard InChI is InChI=1S/C6H4N6/c1-2-10-12-11-5(1)6-8-3-7-4-9-6/h1-4H. The molecule has 0 aliphatic rings. The van der Waals surface area contributed by atoms with E-state index in [-0.39, 0.29) is 0 Å². The zero-order chi connectivity index (χ0) is 8.23. The van der Waals surface area contributed by atoms with Crippen LogP contribution in [0.4, 0.5) is 0 Å². The van der Waals surface area contributed by atoms with Crippen LogP contribution in [-0.2, 0) is 0 Å². The van der Waals surface area contributed by atoms with Gasteiger partial charge in [-0.25, -0.2) is 15.0 Å². The minimum absolute atomic E-state index is 0.500. The monoisotopic (exact) mass is 160 g/mol. The molecule has 2 rings (SSSR count). The smallest absolute Gasteiger partial charge is 0.183 e. The highest BCUT2D eigenvalue weighted by Gasteiger charge is 1.99. The van der Waals surface area contributed by atoms with E-state index < -0.39 is 0 Å². The fraction of sp³-hybridized carbons (Fsp3) is 0. The van der Waals surface area contributed by atoms with Crippen molar-refractivity contribution < 1.29 is 0 Å². The van der Waals surface area contributed by atoms with Gasteiger partial charge in [0.25, 0.3) is 0 Å². The maximum atomic E-state index is 3.90. The second-order valence-electron chi connectivity index (χ2n) is 1.97. The summed E-state index contributed by atoms with van der Waals surface area (Å²) in [6.45, 7) is 0. The maximum absolute atomic E-state index is 3.90. The highest BCUT2D eigenvalue weighted by atomic mass is 15.3. The van der Waals surface area contributed by atoms with Crippen LogP contribution in [0.1, 0.15) is 0 Å². The molecular weight excluding hydrogens is 156 g/mol. The average Bonchev–Trinajstić information content (AvgIpc) is 2.21. The predicted molar refractivity (Wildman–Crippen MR) is 38.6 cm³/mol. The van der Waals surface area contributed by atoms with Crippen LogP contribution in [0.15, 0.2) is 24.9 Å². The van der Waals surface area contributed by atoms with Gasteiger partial charge in [0.1, 0.15) is 18.3 Å². The molecule has 6 nitrogen and oxygen atoms in total. The van der Waals surface area contributed by atoms with E-state index in [1.807, 2.05) is 0 Å². The molecule has 0 spiro atoms. The van der Waals surface area contributed by atoms with Crippen molar-refractivity contribution >= 4 is 0 Å². The van der Waals surface area contributed by atoms with Gasteiger partial charge in [-0.1, -0.05) is 0 Å². The molecular formula is C6H4N6. The Morgan fingerprint density at radius 3 is 2.58 bits per heavy atom. The first-order valence-corrected chi connectivity index (χ1v) is 3.23. The molecule has 0 aliphatic carbocycles. The normalized spacial score (nSPS) is 9.67. The summed E-state index contributed by atoms with van der Waals surface area (Å²) < 4.78 is 0. The van der Waals surface area contributed by atoms with Gasteiger partial charge in [0, 0.05) is 0 Å². The van der Waals surface area contributed by atoms with Crippen LogP contribution in [-0.4, -0.2) is 30.4 Å². The van der Waals surface area contributed by atoms with E-state index in [0.29, 0.717) is 11.5 Å². The SMILES string of the molecule is c1cc(-c2ncncn2)nnn1. The molecule has 2 aromatic rings. The van der Waals surface area contributed by atoms with Gasteiger partial charge >= 0.3 is 0 Å². The first-order valence-electron chi connectivity index (χ1n) is 3.23. The van der Waals surface area contributed by atoms with Gasteiger partial charge in [-0.3, -0.25) is 0 Å². The summed E-state index contributed by atoms with van der Waals surface area (Å²) in [4.78, 5) is 11.5. The Labute approximate surface area is 67.7 Å². The fourth-order valence-corrected chi connectivity index (χ4v) is 0.732. The fourth-order valence-electron chi connectivity index (χ4n) is 0.732. The third-order valence-electron chi connectivity index (χ3n) is 1.23. The minimum Gasteiger partial charge on any atom is -0.225 e. The summed E-state index contributed by atoms with van der Waals surface area (Å²) in [5, 5.41) is 10.7. The Kier molecular flexibility index (Phi) is 1.65. The molecule has 12 heavy (non-hydrogen) atoms. The summed E-state index contributed by atoms with van der Waals surface area (Å²) in [6.07, 6.45) is 4.35. The Morgan fingerprint density at radius 1 is 1.08 bits per heavy atom. The minimum atomic E-state index is 0.500. The highest BCUT2D eigenvalue weighted by Crippen LogP contribution is 2.04. The van der Waals surface area contributed by atoms with E-state index in [9.17, 15) is 0 Å². The summed E-state index contributed by atoms with van der Waals surface area (Å²) in [6, 6.07) is 1.68. The van der Waals surface area contributed by atoms with Crippen LogP contribution in [0.3, 0.4) is 0 Å². The topological polar surface area (TPSA) is 77.3 Å². The Hall–Kier alpha value is -1.98. The Morgan fingerprint density at radius 2 is 1.92 bits per heavy atom. The lowest BCUT2D eigenvalue weighted by Crippen LogP contribution is -1.94. The molecule has 0 atom stereocenters.